The Morgan fingerprint density at radius 1 is 1.68 bits per heavy atom. The van der Waals surface area contributed by atoms with Crippen LogP contribution in [0.25, 0.3) is 0 Å². The highest BCUT2D eigenvalue weighted by atomic mass is 16.5. The van der Waals surface area contributed by atoms with Crippen LogP contribution in [0.4, 0.5) is 5.88 Å². The zero-order chi connectivity index (χ0) is 14.3. The Morgan fingerprint density at radius 2 is 2.42 bits per heavy atom. The molecule has 1 aromatic rings. The Labute approximate surface area is 113 Å². The van der Waals surface area contributed by atoms with E-state index in [9.17, 15) is 4.79 Å². The van der Waals surface area contributed by atoms with Gasteiger partial charge in [0.15, 0.2) is 0 Å². The summed E-state index contributed by atoms with van der Waals surface area (Å²) in [6, 6.07) is 1.71. The number of aliphatic hydroxyl groups is 1. The molecule has 0 aliphatic rings. The highest BCUT2D eigenvalue weighted by Crippen LogP contribution is 2.17. The van der Waals surface area contributed by atoms with Crippen molar-refractivity contribution >= 4 is 11.8 Å². The summed E-state index contributed by atoms with van der Waals surface area (Å²) in [5.41, 5.74) is 0.800. The maximum Gasteiger partial charge on any atom is 0.240 e. The molecule has 0 aliphatic heterocycles. The van der Waals surface area contributed by atoms with Crippen molar-refractivity contribution in [2.75, 3.05) is 31.6 Å². The van der Waals surface area contributed by atoms with E-state index in [1.54, 1.807) is 17.0 Å². The molecule has 0 atom stereocenters. The molecule has 1 heterocycles. The van der Waals surface area contributed by atoms with Gasteiger partial charge in [0, 0.05) is 19.2 Å². The number of hydrogen-bond donors (Lipinski definition) is 2. The van der Waals surface area contributed by atoms with Gasteiger partial charge in [-0.2, -0.15) is 0 Å². The molecule has 6 heteroatoms. The Balaban J connectivity index is 2.50. The monoisotopic (exact) mass is 267 g/mol. The van der Waals surface area contributed by atoms with Crippen LogP contribution in [0.1, 0.15) is 25.5 Å². The number of aliphatic hydroxyl groups excluding tert-OH is 1. The van der Waals surface area contributed by atoms with Crippen LogP contribution in [-0.2, 0) is 4.79 Å². The number of nitrogens with one attached hydrogen (secondary N) is 1. The largest absolute Gasteiger partial charge is 0.395 e. The number of hydrogen-bond acceptors (Lipinski definition) is 5. The zero-order valence-electron chi connectivity index (χ0n) is 11.4. The number of anilines is 1. The Hall–Kier alpha value is -1.66. The standard InChI is InChI=1S/C13H21N3O3/c1-4-5-16(6-7-17)9-12(18)14-13-8-11(10(2)3)15-19-13/h4,8,10,17H,1,5-7,9H2,2-3H3,(H,14,18). The maximum absolute atomic E-state index is 11.8. The third-order valence-corrected chi connectivity index (χ3v) is 2.55. The van der Waals surface area contributed by atoms with Crippen molar-refractivity contribution in [3.8, 4) is 0 Å². The van der Waals surface area contributed by atoms with Gasteiger partial charge in [-0.05, 0) is 5.92 Å². The lowest BCUT2D eigenvalue weighted by atomic mass is 10.1. The second kappa shape index (κ2) is 7.70. The van der Waals surface area contributed by atoms with E-state index < -0.39 is 0 Å². The van der Waals surface area contributed by atoms with Crippen molar-refractivity contribution in [1.29, 1.82) is 0 Å². The molecule has 106 valence electrons. The number of carbonyl (C=O) groups excluding carboxylic acids is 1. The lowest BCUT2D eigenvalue weighted by Gasteiger charge is -2.17. The first kappa shape index (κ1) is 15.4. The van der Waals surface area contributed by atoms with Gasteiger partial charge in [-0.15, -0.1) is 6.58 Å². The van der Waals surface area contributed by atoms with Crippen LogP contribution in [0.5, 0.6) is 0 Å². The first-order valence-electron chi connectivity index (χ1n) is 6.27. The minimum atomic E-state index is -0.207. The lowest BCUT2D eigenvalue weighted by molar-refractivity contribution is -0.117. The van der Waals surface area contributed by atoms with Crippen LogP contribution in [0.3, 0.4) is 0 Å². The summed E-state index contributed by atoms with van der Waals surface area (Å²) in [7, 11) is 0. The third kappa shape index (κ3) is 5.23. The molecule has 0 spiro atoms. The molecule has 1 amide bonds. The van der Waals surface area contributed by atoms with Gasteiger partial charge in [0.25, 0.3) is 0 Å². The molecule has 0 saturated carbocycles. The van der Waals surface area contributed by atoms with E-state index in [1.165, 1.54) is 0 Å². The summed E-state index contributed by atoms with van der Waals surface area (Å²) >= 11 is 0. The van der Waals surface area contributed by atoms with Crippen molar-refractivity contribution in [2.24, 2.45) is 0 Å². The molecule has 1 rings (SSSR count). The van der Waals surface area contributed by atoms with E-state index in [0.717, 1.165) is 5.69 Å². The Morgan fingerprint density at radius 3 is 2.95 bits per heavy atom. The number of aromatic nitrogens is 1. The average Bonchev–Trinajstić information content (AvgIpc) is 2.78. The SMILES string of the molecule is C=CCN(CCO)CC(=O)Nc1cc(C(C)C)no1. The molecule has 0 saturated heterocycles. The Bertz CT molecular complexity index is 415. The smallest absolute Gasteiger partial charge is 0.240 e. The highest BCUT2D eigenvalue weighted by molar-refractivity contribution is 5.90. The molecule has 0 aromatic carbocycles. The molecule has 1 aromatic heterocycles. The summed E-state index contributed by atoms with van der Waals surface area (Å²) in [6.07, 6.45) is 1.69. The van der Waals surface area contributed by atoms with Crippen molar-refractivity contribution < 1.29 is 14.4 Å². The Kier molecular flexibility index (Phi) is 6.24. The van der Waals surface area contributed by atoms with Crippen LogP contribution in [0, 0.1) is 0 Å². The van der Waals surface area contributed by atoms with E-state index in [4.69, 9.17) is 9.63 Å². The molecule has 0 bridgehead atoms. The van der Waals surface area contributed by atoms with Gasteiger partial charge in [-0.25, -0.2) is 0 Å². The summed E-state index contributed by atoms with van der Waals surface area (Å²) in [4.78, 5) is 13.6. The molecular formula is C13H21N3O3. The second-order valence-electron chi connectivity index (χ2n) is 4.57. The summed E-state index contributed by atoms with van der Waals surface area (Å²) in [6.45, 7) is 8.75. The quantitative estimate of drug-likeness (QED) is 0.692. The van der Waals surface area contributed by atoms with Crippen molar-refractivity contribution in [3.63, 3.8) is 0 Å². The summed E-state index contributed by atoms with van der Waals surface area (Å²) in [5.74, 6) is 0.388. The van der Waals surface area contributed by atoms with Gasteiger partial charge in [0.1, 0.15) is 0 Å². The first-order valence-corrected chi connectivity index (χ1v) is 6.27. The summed E-state index contributed by atoms with van der Waals surface area (Å²) < 4.78 is 5.03. The number of rotatable bonds is 8. The van der Waals surface area contributed by atoms with Gasteiger partial charge in [-0.3, -0.25) is 15.0 Å². The number of carbonyl (C=O) groups is 1. The predicted molar refractivity (Wildman–Crippen MR) is 72.9 cm³/mol. The second-order valence-corrected chi connectivity index (χ2v) is 4.57. The molecule has 0 aliphatic carbocycles. The molecule has 0 unspecified atom stereocenters. The molecule has 19 heavy (non-hydrogen) atoms. The number of nitrogens with zero attached hydrogens (tertiary/aromatic N) is 2. The highest BCUT2D eigenvalue weighted by Gasteiger charge is 2.13. The fraction of sp³-hybridized carbons (Fsp3) is 0.538. The fourth-order valence-electron chi connectivity index (χ4n) is 1.56. The van der Waals surface area contributed by atoms with Crippen LogP contribution < -0.4 is 5.32 Å². The van der Waals surface area contributed by atoms with E-state index in [-0.39, 0.29) is 25.0 Å². The zero-order valence-corrected chi connectivity index (χ0v) is 11.4. The van der Waals surface area contributed by atoms with Crippen LogP contribution in [0.2, 0.25) is 0 Å². The van der Waals surface area contributed by atoms with E-state index in [1.807, 2.05) is 13.8 Å². The topological polar surface area (TPSA) is 78.6 Å². The fourth-order valence-corrected chi connectivity index (χ4v) is 1.56. The van der Waals surface area contributed by atoms with Crippen LogP contribution >= 0.6 is 0 Å². The van der Waals surface area contributed by atoms with Gasteiger partial charge >= 0.3 is 0 Å². The maximum atomic E-state index is 11.8. The number of amides is 1. The van der Waals surface area contributed by atoms with Crippen molar-refractivity contribution in [2.45, 2.75) is 19.8 Å². The molecule has 0 radical (unpaired) electrons. The van der Waals surface area contributed by atoms with Gasteiger partial charge in [0.2, 0.25) is 11.8 Å². The first-order chi connectivity index (χ1) is 9.06. The van der Waals surface area contributed by atoms with E-state index in [2.05, 4.69) is 17.1 Å². The predicted octanol–water partition coefficient (Wildman–Crippen LogP) is 1.22. The lowest BCUT2D eigenvalue weighted by Crippen LogP contribution is -2.35. The van der Waals surface area contributed by atoms with Crippen molar-refractivity contribution in [3.05, 3.63) is 24.4 Å². The molecule has 2 N–H and O–H groups in total. The van der Waals surface area contributed by atoms with Crippen LogP contribution in [-0.4, -0.2) is 47.3 Å². The van der Waals surface area contributed by atoms with Gasteiger partial charge in [0.05, 0.1) is 18.8 Å². The minimum absolute atomic E-state index is 0.000918. The molecular weight excluding hydrogens is 246 g/mol. The van der Waals surface area contributed by atoms with Crippen LogP contribution in [0.15, 0.2) is 23.2 Å². The normalized spacial score (nSPS) is 11.0. The summed E-state index contributed by atoms with van der Waals surface area (Å²) in [5, 5.41) is 15.4. The van der Waals surface area contributed by atoms with Gasteiger partial charge in [-0.1, -0.05) is 25.1 Å². The molecule has 6 nitrogen and oxygen atoms in total. The molecule has 0 fully saturated rings. The third-order valence-electron chi connectivity index (χ3n) is 2.55. The average molecular weight is 267 g/mol. The van der Waals surface area contributed by atoms with Gasteiger partial charge < -0.3 is 9.63 Å². The van der Waals surface area contributed by atoms with Crippen molar-refractivity contribution in [1.82, 2.24) is 10.1 Å². The minimum Gasteiger partial charge on any atom is -0.395 e. The van der Waals surface area contributed by atoms with E-state index >= 15 is 0 Å². The van der Waals surface area contributed by atoms with E-state index in [0.29, 0.717) is 19.0 Å².